The molecule has 148 valence electrons. The summed E-state index contributed by atoms with van der Waals surface area (Å²) < 4.78 is 29.0. The Balaban J connectivity index is 2.00. The number of Topliss-reactive ketones (excluding diaryl/α,β-unsaturated/α-hetero) is 1. The molecule has 0 unspecified atom stereocenters. The molecule has 0 fully saturated rings. The number of benzene rings is 2. The van der Waals surface area contributed by atoms with Crippen molar-refractivity contribution in [3.05, 3.63) is 65.5 Å². The van der Waals surface area contributed by atoms with Gasteiger partial charge < -0.3 is 14.2 Å². The first-order valence-corrected chi connectivity index (χ1v) is 8.83. The monoisotopic (exact) mass is 386 g/mol. The summed E-state index contributed by atoms with van der Waals surface area (Å²) in [6.45, 7) is 5.30. The average Bonchev–Trinajstić information content (AvgIpc) is 2.66. The lowest BCUT2D eigenvalue weighted by atomic mass is 10.1. The zero-order chi connectivity index (χ0) is 20.7. The van der Waals surface area contributed by atoms with Crippen LogP contribution in [-0.4, -0.2) is 31.1 Å². The van der Waals surface area contributed by atoms with Crippen LogP contribution in [0.2, 0.25) is 0 Å². The molecular formula is C22H23FO5. The topological polar surface area (TPSA) is 61.8 Å². The van der Waals surface area contributed by atoms with Crippen LogP contribution in [0.25, 0.3) is 6.08 Å². The van der Waals surface area contributed by atoms with E-state index in [2.05, 4.69) is 0 Å². The maximum Gasteiger partial charge on any atom is 0.331 e. The lowest BCUT2D eigenvalue weighted by Crippen LogP contribution is -2.23. The van der Waals surface area contributed by atoms with Crippen molar-refractivity contribution < 1.29 is 28.2 Å². The molecule has 0 aromatic heterocycles. The largest absolute Gasteiger partial charge is 0.493 e. The van der Waals surface area contributed by atoms with E-state index in [0.717, 1.165) is 0 Å². The molecule has 6 heteroatoms. The molecule has 0 amide bonds. The summed E-state index contributed by atoms with van der Waals surface area (Å²) in [4.78, 5) is 24.2. The van der Waals surface area contributed by atoms with Gasteiger partial charge in [-0.05, 0) is 68.8 Å². The standard InChI is InChI=1S/C22H23FO5/c1-14(2)27-19-11-5-16(13-20(19)26-4)6-12-21(24)28-15(3)22(25)17-7-9-18(23)10-8-17/h5-15H,1-4H3/b12-6+/t15-/m1/s1. The van der Waals surface area contributed by atoms with Crippen molar-refractivity contribution in [2.45, 2.75) is 33.0 Å². The van der Waals surface area contributed by atoms with Crippen LogP contribution < -0.4 is 9.47 Å². The van der Waals surface area contributed by atoms with Crippen molar-refractivity contribution in [3.63, 3.8) is 0 Å². The third-order valence-electron chi connectivity index (χ3n) is 3.75. The zero-order valence-corrected chi connectivity index (χ0v) is 16.3. The number of hydrogen-bond donors (Lipinski definition) is 0. The van der Waals surface area contributed by atoms with E-state index in [9.17, 15) is 14.0 Å². The highest BCUT2D eigenvalue weighted by molar-refractivity contribution is 6.01. The molecule has 2 aromatic rings. The first-order chi connectivity index (χ1) is 13.3. The Hall–Kier alpha value is -3.15. The Morgan fingerprint density at radius 1 is 1.00 bits per heavy atom. The van der Waals surface area contributed by atoms with E-state index in [1.165, 1.54) is 44.4 Å². The molecular weight excluding hydrogens is 363 g/mol. The van der Waals surface area contributed by atoms with E-state index in [4.69, 9.17) is 14.2 Å². The lowest BCUT2D eigenvalue weighted by molar-refractivity contribution is -0.140. The number of hydrogen-bond acceptors (Lipinski definition) is 5. The van der Waals surface area contributed by atoms with E-state index in [-0.39, 0.29) is 11.7 Å². The van der Waals surface area contributed by atoms with E-state index in [1.807, 2.05) is 13.8 Å². The van der Waals surface area contributed by atoms with Crippen LogP contribution in [0.5, 0.6) is 11.5 Å². The Morgan fingerprint density at radius 2 is 1.68 bits per heavy atom. The van der Waals surface area contributed by atoms with Gasteiger partial charge in [0.15, 0.2) is 17.6 Å². The molecule has 0 saturated carbocycles. The molecule has 2 aromatic carbocycles. The van der Waals surface area contributed by atoms with Gasteiger partial charge in [0.25, 0.3) is 0 Å². The molecule has 5 nitrogen and oxygen atoms in total. The fourth-order valence-electron chi connectivity index (χ4n) is 2.42. The van der Waals surface area contributed by atoms with E-state index < -0.39 is 23.7 Å². The Labute approximate surface area is 163 Å². The summed E-state index contributed by atoms with van der Waals surface area (Å²) in [7, 11) is 1.53. The molecule has 0 N–H and O–H groups in total. The third-order valence-corrected chi connectivity index (χ3v) is 3.75. The van der Waals surface area contributed by atoms with Crippen LogP contribution in [0.15, 0.2) is 48.5 Å². The van der Waals surface area contributed by atoms with Crippen molar-refractivity contribution in [2.24, 2.45) is 0 Å². The van der Waals surface area contributed by atoms with Crippen LogP contribution >= 0.6 is 0 Å². The van der Waals surface area contributed by atoms with Crippen molar-refractivity contribution in [3.8, 4) is 11.5 Å². The maximum atomic E-state index is 12.9. The maximum absolute atomic E-state index is 12.9. The van der Waals surface area contributed by atoms with E-state index in [0.29, 0.717) is 17.1 Å². The van der Waals surface area contributed by atoms with Crippen molar-refractivity contribution in [2.75, 3.05) is 7.11 Å². The Kier molecular flexibility index (Phi) is 7.32. The minimum Gasteiger partial charge on any atom is -0.493 e. The smallest absolute Gasteiger partial charge is 0.331 e. The molecule has 2 rings (SSSR count). The van der Waals surface area contributed by atoms with Gasteiger partial charge in [0.1, 0.15) is 5.82 Å². The highest BCUT2D eigenvalue weighted by Crippen LogP contribution is 2.29. The van der Waals surface area contributed by atoms with Crippen molar-refractivity contribution >= 4 is 17.8 Å². The van der Waals surface area contributed by atoms with Crippen molar-refractivity contribution in [1.29, 1.82) is 0 Å². The zero-order valence-electron chi connectivity index (χ0n) is 16.3. The SMILES string of the molecule is COc1cc(/C=C/C(=O)O[C@H](C)C(=O)c2ccc(F)cc2)ccc1OC(C)C. The van der Waals surface area contributed by atoms with Gasteiger partial charge in [-0.15, -0.1) is 0 Å². The number of carbonyl (C=O) groups is 2. The van der Waals surface area contributed by atoms with Gasteiger partial charge in [-0.1, -0.05) is 6.07 Å². The first kappa shape index (κ1) is 21.2. The normalized spacial score (nSPS) is 12.1. The van der Waals surface area contributed by atoms with Gasteiger partial charge in [0, 0.05) is 11.6 Å². The molecule has 28 heavy (non-hydrogen) atoms. The number of rotatable bonds is 8. The van der Waals surface area contributed by atoms with Crippen LogP contribution in [-0.2, 0) is 9.53 Å². The molecule has 0 saturated heterocycles. The molecule has 0 radical (unpaired) electrons. The number of ether oxygens (including phenoxy) is 3. The lowest BCUT2D eigenvalue weighted by Gasteiger charge is -2.13. The second-order valence-electron chi connectivity index (χ2n) is 6.36. The summed E-state index contributed by atoms with van der Waals surface area (Å²) in [6.07, 6.45) is 1.80. The molecule has 0 aliphatic heterocycles. The molecule has 0 bridgehead atoms. The summed E-state index contributed by atoms with van der Waals surface area (Å²) >= 11 is 0. The van der Waals surface area contributed by atoms with Gasteiger partial charge in [-0.2, -0.15) is 0 Å². The number of ketones is 1. The minimum absolute atomic E-state index is 0.00500. The van der Waals surface area contributed by atoms with E-state index in [1.54, 1.807) is 24.3 Å². The summed E-state index contributed by atoms with van der Waals surface area (Å²) in [5.74, 6) is -0.354. The van der Waals surface area contributed by atoms with Gasteiger partial charge in [0.05, 0.1) is 13.2 Å². The second-order valence-corrected chi connectivity index (χ2v) is 6.36. The third kappa shape index (κ3) is 5.94. The molecule has 0 heterocycles. The van der Waals surface area contributed by atoms with Gasteiger partial charge in [-0.3, -0.25) is 4.79 Å². The molecule has 0 spiro atoms. The average molecular weight is 386 g/mol. The predicted octanol–water partition coefficient (Wildman–Crippen LogP) is 4.45. The predicted molar refractivity (Wildman–Crippen MR) is 104 cm³/mol. The second kappa shape index (κ2) is 9.69. The first-order valence-electron chi connectivity index (χ1n) is 8.83. The fraction of sp³-hybridized carbons (Fsp3) is 0.273. The minimum atomic E-state index is -0.987. The summed E-state index contributed by atoms with van der Waals surface area (Å²) in [5, 5.41) is 0. The number of carbonyl (C=O) groups excluding carboxylic acids is 2. The molecule has 0 aliphatic rings. The Morgan fingerprint density at radius 3 is 2.29 bits per heavy atom. The van der Waals surface area contributed by atoms with Crippen LogP contribution in [0.3, 0.4) is 0 Å². The molecule has 1 atom stereocenters. The van der Waals surface area contributed by atoms with Gasteiger partial charge >= 0.3 is 5.97 Å². The van der Waals surface area contributed by atoms with Crippen LogP contribution in [0, 0.1) is 5.82 Å². The summed E-state index contributed by atoms with van der Waals surface area (Å²) in [6, 6.07) is 10.3. The van der Waals surface area contributed by atoms with Gasteiger partial charge in [0.2, 0.25) is 5.78 Å². The quantitative estimate of drug-likeness (QED) is 0.381. The number of halogens is 1. The number of methoxy groups -OCH3 is 1. The van der Waals surface area contributed by atoms with Gasteiger partial charge in [-0.25, -0.2) is 9.18 Å². The van der Waals surface area contributed by atoms with Crippen LogP contribution in [0.4, 0.5) is 4.39 Å². The van der Waals surface area contributed by atoms with Crippen molar-refractivity contribution in [1.82, 2.24) is 0 Å². The van der Waals surface area contributed by atoms with Crippen LogP contribution in [0.1, 0.15) is 36.7 Å². The number of esters is 1. The van der Waals surface area contributed by atoms with E-state index >= 15 is 0 Å². The molecule has 0 aliphatic carbocycles. The fourth-order valence-corrected chi connectivity index (χ4v) is 2.42. The highest BCUT2D eigenvalue weighted by atomic mass is 19.1. The Bertz CT molecular complexity index is 856. The highest BCUT2D eigenvalue weighted by Gasteiger charge is 2.18. The summed E-state index contributed by atoms with van der Waals surface area (Å²) in [5.41, 5.74) is 0.985.